The van der Waals surface area contributed by atoms with Crippen molar-refractivity contribution in [2.75, 3.05) is 7.05 Å². The van der Waals surface area contributed by atoms with Crippen LogP contribution in [0.15, 0.2) is 47.0 Å². The number of fused-ring (bicyclic) bond motifs is 1. The molecule has 0 radical (unpaired) electrons. The molecule has 0 amide bonds. The average molecular weight is 325 g/mol. The molecule has 24 heavy (non-hydrogen) atoms. The Kier molecular flexibility index (Phi) is 3.62. The fourth-order valence-corrected chi connectivity index (χ4v) is 2.69. The smallest absolute Gasteiger partial charge is 0.152 e. The van der Waals surface area contributed by atoms with Crippen LogP contribution in [0.5, 0.6) is 0 Å². The molecule has 0 bridgehead atoms. The van der Waals surface area contributed by atoms with Gasteiger partial charge in [-0.25, -0.2) is 9.37 Å². The van der Waals surface area contributed by atoms with Crippen molar-refractivity contribution in [3.63, 3.8) is 0 Å². The van der Waals surface area contributed by atoms with Crippen molar-refractivity contribution in [1.29, 1.82) is 0 Å². The predicted octanol–water partition coefficient (Wildman–Crippen LogP) is 3.32. The molecular formula is C17H16FN5O. The van der Waals surface area contributed by atoms with Gasteiger partial charge in [-0.05, 0) is 43.4 Å². The summed E-state index contributed by atoms with van der Waals surface area (Å²) >= 11 is 0. The zero-order chi connectivity index (χ0) is 16.5. The van der Waals surface area contributed by atoms with Crippen LogP contribution in [-0.4, -0.2) is 32.1 Å². The van der Waals surface area contributed by atoms with E-state index in [0.29, 0.717) is 18.6 Å². The Balaban J connectivity index is 1.45. The van der Waals surface area contributed by atoms with Gasteiger partial charge in [0.25, 0.3) is 0 Å². The Hall–Kier alpha value is -2.93. The first kappa shape index (κ1) is 14.6. The van der Waals surface area contributed by atoms with Crippen LogP contribution in [-0.2, 0) is 13.1 Å². The van der Waals surface area contributed by atoms with Gasteiger partial charge in [0.15, 0.2) is 5.76 Å². The summed E-state index contributed by atoms with van der Waals surface area (Å²) in [6.45, 7) is 1.25. The minimum Gasteiger partial charge on any atom is -0.458 e. The van der Waals surface area contributed by atoms with Gasteiger partial charge in [-0.3, -0.25) is 10.00 Å². The number of nitrogens with one attached hydrogen (secondary N) is 2. The molecule has 0 saturated carbocycles. The lowest BCUT2D eigenvalue weighted by atomic mass is 10.3. The van der Waals surface area contributed by atoms with Crippen LogP contribution in [0.1, 0.15) is 11.6 Å². The van der Waals surface area contributed by atoms with Crippen molar-refractivity contribution in [2.24, 2.45) is 0 Å². The monoisotopic (exact) mass is 325 g/mol. The number of hydrogen-bond acceptors (Lipinski definition) is 4. The maximum atomic E-state index is 13.2. The van der Waals surface area contributed by atoms with E-state index in [1.165, 1.54) is 12.1 Å². The van der Waals surface area contributed by atoms with Crippen molar-refractivity contribution in [2.45, 2.75) is 13.1 Å². The van der Waals surface area contributed by atoms with Gasteiger partial charge < -0.3 is 9.40 Å². The van der Waals surface area contributed by atoms with Crippen LogP contribution in [0.3, 0.4) is 0 Å². The lowest BCUT2D eigenvalue weighted by Gasteiger charge is -2.13. The molecule has 0 fully saturated rings. The van der Waals surface area contributed by atoms with Gasteiger partial charge in [-0.15, -0.1) is 0 Å². The van der Waals surface area contributed by atoms with Crippen LogP contribution in [0, 0.1) is 5.82 Å². The van der Waals surface area contributed by atoms with E-state index >= 15 is 0 Å². The van der Waals surface area contributed by atoms with Gasteiger partial charge in [0.05, 0.1) is 24.1 Å². The third-order valence-corrected chi connectivity index (χ3v) is 3.77. The Morgan fingerprint density at radius 3 is 2.92 bits per heavy atom. The quantitative estimate of drug-likeness (QED) is 0.590. The van der Waals surface area contributed by atoms with Gasteiger partial charge in [-0.2, -0.15) is 5.10 Å². The third-order valence-electron chi connectivity index (χ3n) is 3.77. The van der Waals surface area contributed by atoms with E-state index in [1.807, 2.05) is 25.2 Å². The van der Waals surface area contributed by atoms with E-state index in [4.69, 9.17) is 4.42 Å². The molecule has 0 aliphatic rings. The Morgan fingerprint density at radius 2 is 2.08 bits per heavy atom. The topological polar surface area (TPSA) is 73.7 Å². The fraction of sp³-hybridized carbons (Fsp3) is 0.176. The lowest BCUT2D eigenvalue weighted by Crippen LogP contribution is -2.17. The van der Waals surface area contributed by atoms with Gasteiger partial charge in [-0.1, -0.05) is 0 Å². The summed E-state index contributed by atoms with van der Waals surface area (Å²) in [5.74, 6) is 2.13. The second-order valence-corrected chi connectivity index (χ2v) is 5.75. The second kappa shape index (κ2) is 5.93. The van der Waals surface area contributed by atoms with Crippen LogP contribution in [0.25, 0.3) is 22.5 Å². The summed E-state index contributed by atoms with van der Waals surface area (Å²) in [6, 6.07) is 10.3. The zero-order valence-electron chi connectivity index (χ0n) is 13.1. The van der Waals surface area contributed by atoms with E-state index in [1.54, 1.807) is 12.3 Å². The number of furan rings is 1. The first-order chi connectivity index (χ1) is 11.7. The SMILES string of the molecule is CN(Cc1nc2ccc(F)cc2[nH]1)Cc1ccc(-c2ccn[nH]2)o1. The Labute approximate surface area is 137 Å². The Morgan fingerprint density at radius 1 is 1.17 bits per heavy atom. The fourth-order valence-electron chi connectivity index (χ4n) is 2.69. The molecule has 2 N–H and O–H groups in total. The van der Waals surface area contributed by atoms with E-state index < -0.39 is 0 Å². The largest absolute Gasteiger partial charge is 0.458 e. The molecule has 0 saturated heterocycles. The van der Waals surface area contributed by atoms with Gasteiger partial charge in [0.1, 0.15) is 23.1 Å². The highest BCUT2D eigenvalue weighted by Crippen LogP contribution is 2.21. The molecule has 0 atom stereocenters. The van der Waals surface area contributed by atoms with E-state index in [-0.39, 0.29) is 5.82 Å². The average Bonchev–Trinajstić information content (AvgIpc) is 3.25. The number of halogens is 1. The molecule has 0 spiro atoms. The van der Waals surface area contributed by atoms with Gasteiger partial charge >= 0.3 is 0 Å². The normalized spacial score (nSPS) is 11.6. The summed E-state index contributed by atoms with van der Waals surface area (Å²) in [5, 5.41) is 6.79. The summed E-state index contributed by atoms with van der Waals surface area (Å²) in [7, 11) is 1.98. The molecule has 4 rings (SSSR count). The van der Waals surface area contributed by atoms with Crippen molar-refractivity contribution < 1.29 is 8.81 Å². The maximum absolute atomic E-state index is 13.2. The molecule has 1 aromatic carbocycles. The van der Waals surface area contributed by atoms with Crippen LogP contribution in [0.2, 0.25) is 0 Å². The molecule has 0 aliphatic carbocycles. The number of nitrogens with zero attached hydrogens (tertiary/aromatic N) is 3. The van der Waals surface area contributed by atoms with Crippen molar-refractivity contribution >= 4 is 11.0 Å². The third kappa shape index (κ3) is 2.93. The number of aromatic amines is 2. The highest BCUT2D eigenvalue weighted by molar-refractivity contribution is 5.74. The molecule has 0 unspecified atom stereocenters. The van der Waals surface area contributed by atoms with Crippen molar-refractivity contribution in [1.82, 2.24) is 25.1 Å². The molecule has 7 heteroatoms. The zero-order valence-corrected chi connectivity index (χ0v) is 13.1. The van der Waals surface area contributed by atoms with Crippen LogP contribution >= 0.6 is 0 Å². The maximum Gasteiger partial charge on any atom is 0.152 e. The Bertz CT molecular complexity index is 957. The molecule has 122 valence electrons. The number of benzene rings is 1. The highest BCUT2D eigenvalue weighted by Gasteiger charge is 2.10. The highest BCUT2D eigenvalue weighted by atomic mass is 19.1. The first-order valence-corrected chi connectivity index (χ1v) is 7.58. The first-order valence-electron chi connectivity index (χ1n) is 7.58. The van der Waals surface area contributed by atoms with Crippen LogP contribution < -0.4 is 0 Å². The van der Waals surface area contributed by atoms with E-state index in [2.05, 4.69) is 25.1 Å². The number of H-pyrrole nitrogens is 2. The van der Waals surface area contributed by atoms with E-state index in [0.717, 1.165) is 28.6 Å². The predicted molar refractivity (Wildman–Crippen MR) is 87.5 cm³/mol. The van der Waals surface area contributed by atoms with Crippen LogP contribution in [0.4, 0.5) is 4.39 Å². The lowest BCUT2D eigenvalue weighted by molar-refractivity contribution is 0.284. The number of imidazole rings is 1. The summed E-state index contributed by atoms with van der Waals surface area (Å²) in [4.78, 5) is 9.69. The van der Waals surface area contributed by atoms with Crippen molar-refractivity contribution in [3.05, 3.63) is 60.0 Å². The summed E-state index contributed by atoms with van der Waals surface area (Å²) in [6.07, 6.45) is 1.69. The molecule has 0 aliphatic heterocycles. The molecular weight excluding hydrogens is 309 g/mol. The van der Waals surface area contributed by atoms with Gasteiger partial charge in [0, 0.05) is 6.20 Å². The summed E-state index contributed by atoms with van der Waals surface area (Å²) < 4.78 is 19.1. The minimum absolute atomic E-state index is 0.270. The van der Waals surface area contributed by atoms with Gasteiger partial charge in [0.2, 0.25) is 0 Å². The molecule has 3 aromatic heterocycles. The summed E-state index contributed by atoms with van der Waals surface area (Å²) in [5.41, 5.74) is 2.32. The molecule has 6 nitrogen and oxygen atoms in total. The second-order valence-electron chi connectivity index (χ2n) is 5.75. The molecule has 4 aromatic rings. The number of aromatic nitrogens is 4. The van der Waals surface area contributed by atoms with E-state index in [9.17, 15) is 4.39 Å². The number of hydrogen-bond donors (Lipinski definition) is 2. The standard InChI is InChI=1S/C17H16FN5O/c1-23(9-12-3-5-16(24-12)14-6-7-19-22-14)10-17-20-13-4-2-11(18)8-15(13)21-17/h2-8H,9-10H2,1H3,(H,19,22)(H,20,21). The number of rotatable bonds is 5. The molecule has 3 heterocycles. The van der Waals surface area contributed by atoms with Crippen molar-refractivity contribution in [3.8, 4) is 11.5 Å². The minimum atomic E-state index is -0.270.